The van der Waals surface area contributed by atoms with E-state index in [0.717, 1.165) is 11.6 Å². The Balaban J connectivity index is 0.00000480. The molecule has 1 amide bonds. The monoisotopic (exact) mass is 548 g/mol. The maximum Gasteiger partial charge on any atom is 0.416 e. The van der Waals surface area contributed by atoms with Gasteiger partial charge in [-0.2, -0.15) is 13.2 Å². The molecule has 0 spiro atoms. The van der Waals surface area contributed by atoms with Gasteiger partial charge in [0.25, 0.3) is 0 Å². The maximum absolute atomic E-state index is 12.9. The predicted octanol–water partition coefficient (Wildman–Crippen LogP) is 4.67. The number of nitrogens with two attached hydrogens (primary N) is 1. The molecule has 4 N–H and O–H groups in total. The molecule has 5 nitrogen and oxygen atoms in total. The van der Waals surface area contributed by atoms with E-state index in [1.165, 1.54) is 12.1 Å². The van der Waals surface area contributed by atoms with E-state index in [1.807, 2.05) is 19.9 Å². The molecule has 0 saturated heterocycles. The predicted molar refractivity (Wildman–Crippen MR) is 128 cm³/mol. The van der Waals surface area contributed by atoms with Crippen molar-refractivity contribution in [2.75, 3.05) is 13.1 Å². The molecule has 1 atom stereocenters. The van der Waals surface area contributed by atoms with Crippen LogP contribution in [0.1, 0.15) is 53.2 Å². The summed E-state index contributed by atoms with van der Waals surface area (Å²) in [5.74, 6) is 0.0580. The molecule has 2 aromatic rings. The zero-order valence-electron chi connectivity index (χ0n) is 17.5. The first-order chi connectivity index (χ1) is 14.2. The van der Waals surface area contributed by atoms with E-state index in [9.17, 15) is 18.0 Å². The van der Waals surface area contributed by atoms with Crippen LogP contribution in [0.3, 0.4) is 0 Å². The first-order valence-corrected chi connectivity index (χ1v) is 9.78. The molecule has 0 heterocycles. The van der Waals surface area contributed by atoms with Crippen molar-refractivity contribution in [3.05, 3.63) is 70.8 Å². The number of benzene rings is 2. The molecule has 0 aromatic heterocycles. The molecule has 0 bridgehead atoms. The Kier molecular flexibility index (Phi) is 10.8. The number of carbonyl (C=O) groups excluding carboxylic acids is 1. The number of nitrogens with one attached hydrogen (secondary N) is 2. The normalized spacial score (nSPS) is 12.6. The molecule has 1 unspecified atom stereocenters. The number of hydrogen-bond acceptors (Lipinski definition) is 2. The summed E-state index contributed by atoms with van der Waals surface area (Å²) in [5.41, 5.74) is 6.59. The minimum absolute atomic E-state index is 0. The van der Waals surface area contributed by atoms with Crippen LogP contribution in [0.4, 0.5) is 13.2 Å². The van der Waals surface area contributed by atoms with Crippen LogP contribution < -0.4 is 16.4 Å². The number of nitrogens with zero attached hydrogens (tertiary/aromatic N) is 1. The Bertz CT molecular complexity index is 887. The molecule has 2 aromatic carbocycles. The summed E-state index contributed by atoms with van der Waals surface area (Å²) in [4.78, 5) is 15.8. The lowest BCUT2D eigenvalue weighted by atomic mass is 9.96. The van der Waals surface area contributed by atoms with Crippen molar-refractivity contribution in [3.63, 3.8) is 0 Å². The lowest BCUT2D eigenvalue weighted by Gasteiger charge is -2.16. The molecular formula is C22H28F3IN4O. The topological polar surface area (TPSA) is 79.5 Å². The van der Waals surface area contributed by atoms with E-state index in [0.29, 0.717) is 43.1 Å². The minimum atomic E-state index is -4.34. The van der Waals surface area contributed by atoms with Crippen LogP contribution in [0, 0.1) is 0 Å². The van der Waals surface area contributed by atoms with Gasteiger partial charge in [-0.05, 0) is 48.6 Å². The third kappa shape index (κ3) is 8.76. The van der Waals surface area contributed by atoms with E-state index < -0.39 is 17.6 Å². The molecule has 0 fully saturated rings. The largest absolute Gasteiger partial charge is 0.416 e. The number of primary amides is 1. The van der Waals surface area contributed by atoms with Gasteiger partial charge in [0.15, 0.2) is 5.96 Å². The summed E-state index contributed by atoms with van der Waals surface area (Å²) in [7, 11) is 0. The Hall–Kier alpha value is -2.30. The second-order valence-electron chi connectivity index (χ2n) is 7.00. The highest BCUT2D eigenvalue weighted by Crippen LogP contribution is 2.31. The van der Waals surface area contributed by atoms with Gasteiger partial charge in [-0.3, -0.25) is 4.79 Å². The number of aliphatic imine (C=N–C) groups is 1. The van der Waals surface area contributed by atoms with Crippen molar-refractivity contribution in [3.8, 4) is 0 Å². The zero-order chi connectivity index (χ0) is 22.1. The summed E-state index contributed by atoms with van der Waals surface area (Å²) < 4.78 is 38.7. The molecule has 9 heteroatoms. The first kappa shape index (κ1) is 26.7. The van der Waals surface area contributed by atoms with Crippen molar-refractivity contribution in [1.29, 1.82) is 0 Å². The maximum atomic E-state index is 12.9. The lowest BCUT2D eigenvalue weighted by Crippen LogP contribution is -2.38. The van der Waals surface area contributed by atoms with Gasteiger partial charge < -0.3 is 16.4 Å². The molecule has 0 radical (unpaired) electrons. The van der Waals surface area contributed by atoms with Gasteiger partial charge in [-0.1, -0.05) is 37.3 Å². The van der Waals surface area contributed by atoms with Crippen molar-refractivity contribution in [1.82, 2.24) is 10.6 Å². The molecule has 0 aliphatic heterocycles. The second kappa shape index (κ2) is 12.5. The van der Waals surface area contributed by atoms with E-state index in [4.69, 9.17) is 5.73 Å². The minimum Gasteiger partial charge on any atom is -0.366 e. The van der Waals surface area contributed by atoms with Crippen LogP contribution in [0.25, 0.3) is 0 Å². The van der Waals surface area contributed by atoms with Crippen LogP contribution in [0.5, 0.6) is 0 Å². The molecule has 2 rings (SSSR count). The molecule has 170 valence electrons. The number of halogens is 4. The number of rotatable bonds is 8. The standard InChI is InChI=1S/C22H27F3N4O.HI/c1-3-27-21(29-14-16-6-4-8-18(12-16)20(26)30)28-11-10-15(2)17-7-5-9-19(13-17)22(23,24)25;/h4-9,12-13,15H,3,10-11,14H2,1-2H3,(H2,26,30)(H2,27,28,29);1H. The first-order valence-electron chi connectivity index (χ1n) is 9.78. The van der Waals surface area contributed by atoms with Gasteiger partial charge in [-0.25, -0.2) is 4.99 Å². The van der Waals surface area contributed by atoms with Crippen LogP contribution >= 0.6 is 24.0 Å². The third-order valence-corrected chi connectivity index (χ3v) is 4.63. The number of alkyl halides is 3. The molecule has 0 aliphatic carbocycles. The number of amides is 1. The van der Waals surface area contributed by atoms with Gasteiger partial charge in [0, 0.05) is 18.7 Å². The number of hydrogen-bond donors (Lipinski definition) is 3. The van der Waals surface area contributed by atoms with E-state index in [-0.39, 0.29) is 29.9 Å². The van der Waals surface area contributed by atoms with Crippen molar-refractivity contribution in [2.24, 2.45) is 10.7 Å². The van der Waals surface area contributed by atoms with Crippen LogP contribution in [0.2, 0.25) is 0 Å². The summed E-state index contributed by atoms with van der Waals surface area (Å²) >= 11 is 0. The van der Waals surface area contributed by atoms with Gasteiger partial charge in [0.2, 0.25) is 5.91 Å². The number of guanidine groups is 1. The summed E-state index contributed by atoms with van der Waals surface area (Å²) in [6.07, 6.45) is -3.70. The third-order valence-electron chi connectivity index (χ3n) is 4.63. The van der Waals surface area contributed by atoms with Crippen molar-refractivity contribution in [2.45, 2.75) is 38.9 Å². The van der Waals surface area contributed by atoms with Crippen LogP contribution in [-0.4, -0.2) is 25.0 Å². The summed E-state index contributed by atoms with van der Waals surface area (Å²) in [6, 6.07) is 12.4. The fourth-order valence-electron chi connectivity index (χ4n) is 2.93. The lowest BCUT2D eigenvalue weighted by molar-refractivity contribution is -0.137. The highest BCUT2D eigenvalue weighted by Gasteiger charge is 2.30. The summed E-state index contributed by atoms with van der Waals surface area (Å²) in [6.45, 7) is 5.41. The SMILES string of the molecule is CCNC(=NCc1cccc(C(N)=O)c1)NCCC(C)c1cccc(C(F)(F)F)c1.I. The van der Waals surface area contributed by atoms with Gasteiger partial charge in [0.1, 0.15) is 0 Å². The zero-order valence-corrected chi connectivity index (χ0v) is 19.8. The quantitative estimate of drug-likeness (QED) is 0.255. The Morgan fingerprint density at radius 2 is 1.84 bits per heavy atom. The average molecular weight is 548 g/mol. The molecular weight excluding hydrogens is 520 g/mol. The molecule has 0 saturated carbocycles. The van der Waals surface area contributed by atoms with Crippen molar-refractivity contribution < 1.29 is 18.0 Å². The highest BCUT2D eigenvalue weighted by atomic mass is 127. The second-order valence-corrected chi connectivity index (χ2v) is 7.00. The highest BCUT2D eigenvalue weighted by molar-refractivity contribution is 14.0. The Labute approximate surface area is 197 Å². The van der Waals surface area contributed by atoms with Gasteiger partial charge in [0.05, 0.1) is 12.1 Å². The van der Waals surface area contributed by atoms with E-state index in [1.54, 1.807) is 24.3 Å². The van der Waals surface area contributed by atoms with Gasteiger partial charge in [-0.15, -0.1) is 24.0 Å². The number of carbonyl (C=O) groups is 1. The average Bonchev–Trinajstić information content (AvgIpc) is 2.71. The van der Waals surface area contributed by atoms with Gasteiger partial charge >= 0.3 is 6.18 Å². The van der Waals surface area contributed by atoms with E-state index >= 15 is 0 Å². The Morgan fingerprint density at radius 1 is 1.13 bits per heavy atom. The molecule has 0 aliphatic rings. The van der Waals surface area contributed by atoms with Crippen LogP contribution in [0.15, 0.2) is 53.5 Å². The smallest absolute Gasteiger partial charge is 0.366 e. The van der Waals surface area contributed by atoms with E-state index in [2.05, 4.69) is 15.6 Å². The van der Waals surface area contributed by atoms with Crippen molar-refractivity contribution >= 4 is 35.8 Å². The van der Waals surface area contributed by atoms with Crippen LogP contribution in [-0.2, 0) is 12.7 Å². The molecule has 31 heavy (non-hydrogen) atoms. The fourth-order valence-corrected chi connectivity index (χ4v) is 2.93. The Morgan fingerprint density at radius 3 is 2.48 bits per heavy atom. The fraction of sp³-hybridized carbons (Fsp3) is 0.364. The summed E-state index contributed by atoms with van der Waals surface area (Å²) in [5, 5.41) is 6.33.